The molecule has 0 aromatic heterocycles. The highest BCUT2D eigenvalue weighted by atomic mass is 33.1. The maximum absolute atomic E-state index is 13.2. The van der Waals surface area contributed by atoms with Gasteiger partial charge in [0.05, 0.1) is 11.1 Å². The molecule has 0 fully saturated rings. The van der Waals surface area contributed by atoms with E-state index in [0.717, 1.165) is 45.1 Å². The van der Waals surface area contributed by atoms with Gasteiger partial charge in [0.15, 0.2) is 0 Å². The smallest absolute Gasteiger partial charge is 0.256 e. The summed E-state index contributed by atoms with van der Waals surface area (Å²) in [6, 6.07) is 30.8. The van der Waals surface area contributed by atoms with E-state index in [1.54, 1.807) is 0 Å². The monoisotopic (exact) mass is 512 g/mol. The predicted molar refractivity (Wildman–Crippen MR) is 152 cm³/mol. The van der Waals surface area contributed by atoms with Crippen molar-refractivity contribution in [3.8, 4) is 0 Å². The number of carbonyl (C=O) groups is 2. The van der Waals surface area contributed by atoms with Crippen molar-refractivity contribution < 1.29 is 9.59 Å². The number of hydrogen-bond donors (Lipinski definition) is 2. The second kappa shape index (κ2) is 12.5. The Morgan fingerprint density at radius 1 is 0.556 bits per heavy atom. The molecule has 2 N–H and O–H groups in total. The Bertz CT molecular complexity index is 1270. The first-order chi connectivity index (χ1) is 17.6. The molecule has 0 saturated carbocycles. The summed E-state index contributed by atoms with van der Waals surface area (Å²) in [6.45, 7) is 4.14. The van der Waals surface area contributed by atoms with Crippen molar-refractivity contribution in [3.05, 3.63) is 119 Å². The Balaban J connectivity index is 1.51. The van der Waals surface area contributed by atoms with Gasteiger partial charge in [-0.15, -0.1) is 0 Å². The highest BCUT2D eigenvalue weighted by Gasteiger charge is 2.17. The first-order valence-electron chi connectivity index (χ1n) is 11.9. The molecule has 4 nitrogen and oxygen atoms in total. The lowest BCUT2D eigenvalue weighted by Gasteiger charge is -2.14. The quantitative estimate of drug-likeness (QED) is 0.222. The van der Waals surface area contributed by atoms with Crippen LogP contribution in [0, 0.1) is 0 Å². The molecule has 2 amide bonds. The molecule has 36 heavy (non-hydrogen) atoms. The number of carbonyl (C=O) groups excluding carboxylic acids is 2. The normalized spacial score (nSPS) is 10.6. The molecule has 4 rings (SSSR count). The molecule has 0 aliphatic heterocycles. The van der Waals surface area contributed by atoms with Crippen molar-refractivity contribution in [2.24, 2.45) is 0 Å². The number of hydrogen-bond acceptors (Lipinski definition) is 4. The van der Waals surface area contributed by atoms with Crippen LogP contribution in [0.1, 0.15) is 45.7 Å². The third-order valence-electron chi connectivity index (χ3n) is 5.78. The molecule has 6 heteroatoms. The van der Waals surface area contributed by atoms with Gasteiger partial charge in [0.1, 0.15) is 0 Å². The Morgan fingerprint density at radius 3 is 1.33 bits per heavy atom. The van der Waals surface area contributed by atoms with Gasteiger partial charge in [-0.1, -0.05) is 96.1 Å². The van der Waals surface area contributed by atoms with E-state index in [1.165, 1.54) is 21.6 Å². The summed E-state index contributed by atoms with van der Waals surface area (Å²) in [5, 5.41) is 6.12. The van der Waals surface area contributed by atoms with E-state index in [4.69, 9.17) is 0 Å². The highest BCUT2D eigenvalue weighted by Crippen LogP contribution is 2.41. The average molecular weight is 513 g/mol. The van der Waals surface area contributed by atoms with Gasteiger partial charge in [-0.3, -0.25) is 9.59 Å². The minimum absolute atomic E-state index is 0.151. The maximum Gasteiger partial charge on any atom is 0.256 e. The van der Waals surface area contributed by atoms with Crippen LogP contribution < -0.4 is 10.6 Å². The fourth-order valence-corrected chi connectivity index (χ4v) is 6.18. The molecule has 0 atom stereocenters. The van der Waals surface area contributed by atoms with Gasteiger partial charge in [-0.2, -0.15) is 0 Å². The van der Waals surface area contributed by atoms with Crippen LogP contribution in [-0.2, 0) is 12.8 Å². The molecule has 0 unspecified atom stereocenters. The lowest BCUT2D eigenvalue weighted by molar-refractivity contribution is 0.101. The molecule has 0 bridgehead atoms. The van der Waals surface area contributed by atoms with Gasteiger partial charge >= 0.3 is 0 Å². The van der Waals surface area contributed by atoms with Crippen LogP contribution in [0.15, 0.2) is 107 Å². The zero-order valence-corrected chi connectivity index (χ0v) is 21.9. The van der Waals surface area contributed by atoms with Gasteiger partial charge in [-0.25, -0.2) is 0 Å². The zero-order chi connectivity index (χ0) is 25.3. The second-order valence-corrected chi connectivity index (χ2v) is 10.3. The fourth-order valence-electron chi connectivity index (χ4n) is 3.82. The molecule has 4 aromatic carbocycles. The summed E-state index contributed by atoms with van der Waals surface area (Å²) < 4.78 is 0. The zero-order valence-electron chi connectivity index (χ0n) is 20.3. The molecule has 0 spiro atoms. The molecular formula is C30H28N2O2S2. The molecule has 182 valence electrons. The van der Waals surface area contributed by atoms with Gasteiger partial charge < -0.3 is 10.6 Å². The average Bonchev–Trinajstić information content (AvgIpc) is 2.92. The van der Waals surface area contributed by atoms with Crippen LogP contribution in [0.4, 0.5) is 11.4 Å². The Kier molecular flexibility index (Phi) is 8.87. The van der Waals surface area contributed by atoms with E-state index in [0.29, 0.717) is 11.1 Å². The van der Waals surface area contributed by atoms with Gasteiger partial charge in [-0.05, 0) is 60.4 Å². The Labute approximate surface area is 220 Å². The number of nitrogens with one attached hydrogen (secondary N) is 2. The van der Waals surface area contributed by atoms with E-state index < -0.39 is 0 Å². The molecular weight excluding hydrogens is 484 g/mol. The minimum Gasteiger partial charge on any atom is -0.322 e. The highest BCUT2D eigenvalue weighted by molar-refractivity contribution is 8.76. The lowest BCUT2D eigenvalue weighted by Crippen LogP contribution is -2.14. The van der Waals surface area contributed by atoms with Crippen LogP contribution in [0.3, 0.4) is 0 Å². The number of amides is 2. The number of para-hydroxylation sites is 2. The summed E-state index contributed by atoms with van der Waals surface area (Å²) >= 11 is 0. The molecule has 0 aliphatic carbocycles. The van der Waals surface area contributed by atoms with Crippen molar-refractivity contribution in [1.29, 1.82) is 0 Å². The third kappa shape index (κ3) is 6.20. The number of anilines is 2. The molecule has 0 heterocycles. The number of benzene rings is 4. The Morgan fingerprint density at radius 2 is 0.917 bits per heavy atom. The summed E-state index contributed by atoms with van der Waals surface area (Å²) in [4.78, 5) is 28.0. The van der Waals surface area contributed by atoms with E-state index in [2.05, 4.69) is 24.5 Å². The summed E-state index contributed by atoms with van der Waals surface area (Å²) in [6.07, 6.45) is 1.68. The summed E-state index contributed by atoms with van der Waals surface area (Å²) in [5.74, 6) is -0.302. The van der Waals surface area contributed by atoms with Crippen LogP contribution in [0.5, 0.6) is 0 Å². The largest absolute Gasteiger partial charge is 0.322 e. The summed E-state index contributed by atoms with van der Waals surface area (Å²) in [7, 11) is 2.94. The van der Waals surface area contributed by atoms with Gasteiger partial charge in [0.2, 0.25) is 0 Å². The molecule has 4 aromatic rings. The van der Waals surface area contributed by atoms with Crippen molar-refractivity contribution >= 4 is 44.8 Å². The van der Waals surface area contributed by atoms with Crippen LogP contribution in [-0.4, -0.2) is 11.8 Å². The first kappa shape index (κ1) is 25.6. The van der Waals surface area contributed by atoms with Gasteiger partial charge in [0.25, 0.3) is 11.8 Å². The SMILES string of the molecule is CCc1ccccc1NC(=O)c1ccccc1SSc1ccccc1C(=O)Nc1ccccc1CC. The fraction of sp³-hybridized carbons (Fsp3) is 0.133. The number of rotatable bonds is 9. The van der Waals surface area contributed by atoms with Crippen molar-refractivity contribution in [2.45, 2.75) is 36.5 Å². The third-order valence-corrected chi connectivity index (χ3v) is 8.26. The van der Waals surface area contributed by atoms with Crippen LogP contribution in [0.25, 0.3) is 0 Å². The molecule has 0 aliphatic rings. The lowest BCUT2D eigenvalue weighted by atomic mass is 10.1. The standard InChI is InChI=1S/C30H28N2O2S2/c1-3-21-13-5-9-17-25(21)31-29(33)23-15-7-11-19-27(23)35-36-28-20-12-8-16-24(28)30(34)32-26-18-10-6-14-22(26)4-2/h5-20H,3-4H2,1-2H3,(H,31,33)(H,32,34). The van der Waals surface area contributed by atoms with E-state index in [-0.39, 0.29) is 11.8 Å². The van der Waals surface area contributed by atoms with Crippen molar-refractivity contribution in [2.75, 3.05) is 10.6 Å². The maximum atomic E-state index is 13.2. The predicted octanol–water partition coefficient (Wildman–Crippen LogP) is 8.12. The molecule has 0 radical (unpaired) electrons. The first-order valence-corrected chi connectivity index (χ1v) is 14.1. The second-order valence-electron chi connectivity index (χ2n) is 8.09. The van der Waals surface area contributed by atoms with E-state index in [1.807, 2.05) is 97.1 Å². The van der Waals surface area contributed by atoms with E-state index in [9.17, 15) is 9.59 Å². The van der Waals surface area contributed by atoms with Crippen molar-refractivity contribution in [3.63, 3.8) is 0 Å². The minimum atomic E-state index is -0.151. The topological polar surface area (TPSA) is 58.2 Å². The summed E-state index contributed by atoms with van der Waals surface area (Å²) in [5.41, 5.74) is 5.03. The van der Waals surface area contributed by atoms with Crippen molar-refractivity contribution in [1.82, 2.24) is 0 Å². The number of aryl methyl sites for hydroxylation is 2. The molecule has 0 saturated heterocycles. The Hall–Kier alpha value is -3.48. The van der Waals surface area contributed by atoms with Crippen LogP contribution in [0.2, 0.25) is 0 Å². The van der Waals surface area contributed by atoms with Crippen LogP contribution >= 0.6 is 21.6 Å². The van der Waals surface area contributed by atoms with Gasteiger partial charge in [0, 0.05) is 21.2 Å². The van der Waals surface area contributed by atoms with E-state index >= 15 is 0 Å².